The Labute approximate surface area is 164 Å². The van der Waals surface area contributed by atoms with Crippen LogP contribution in [-0.4, -0.2) is 20.9 Å². The summed E-state index contributed by atoms with van der Waals surface area (Å²) in [4.78, 5) is 25.3. The molecule has 0 saturated heterocycles. The topological polar surface area (TPSA) is 94.6 Å². The van der Waals surface area contributed by atoms with Gasteiger partial charge in [0.2, 0.25) is 5.43 Å². The monoisotopic (exact) mass is 388 g/mol. The maximum absolute atomic E-state index is 13.2. The molecule has 1 aliphatic heterocycles. The first kappa shape index (κ1) is 17.2. The van der Waals surface area contributed by atoms with Gasteiger partial charge in [-0.15, -0.1) is 0 Å². The van der Waals surface area contributed by atoms with Crippen LogP contribution < -0.4 is 10.2 Å². The number of carbonyl (C=O) groups is 1. The Bertz CT molecular complexity index is 1320. The molecule has 29 heavy (non-hydrogen) atoms. The molecule has 0 bridgehead atoms. The molecule has 7 heteroatoms. The maximum Gasteiger partial charge on any atom is 0.312 e. The SMILES string of the molecule is Cn1cc([C@H]2CC(=O)Oc3cc(O)c4c(=O)c(-c5ccccc5)coc4c32)cn1. The van der Waals surface area contributed by atoms with Crippen LogP contribution in [0.25, 0.3) is 22.1 Å². The zero-order valence-electron chi connectivity index (χ0n) is 15.5. The van der Waals surface area contributed by atoms with Gasteiger partial charge in [-0.25, -0.2) is 0 Å². The molecule has 0 unspecified atom stereocenters. The number of hydrogen-bond donors (Lipinski definition) is 1. The van der Waals surface area contributed by atoms with E-state index in [4.69, 9.17) is 9.15 Å². The lowest BCUT2D eigenvalue weighted by molar-refractivity contribution is -0.135. The van der Waals surface area contributed by atoms with Crippen molar-refractivity contribution in [2.75, 3.05) is 0 Å². The molecule has 0 spiro atoms. The van der Waals surface area contributed by atoms with Crippen molar-refractivity contribution in [1.29, 1.82) is 0 Å². The minimum atomic E-state index is -0.423. The van der Waals surface area contributed by atoms with Gasteiger partial charge in [-0.2, -0.15) is 5.10 Å². The van der Waals surface area contributed by atoms with Crippen molar-refractivity contribution in [2.45, 2.75) is 12.3 Å². The number of fused-ring (bicyclic) bond motifs is 3. The summed E-state index contributed by atoms with van der Waals surface area (Å²) in [5.74, 6) is -0.914. The molecule has 1 aliphatic rings. The molecular formula is C22H16N2O5. The number of hydrogen-bond acceptors (Lipinski definition) is 6. The molecule has 2 aromatic heterocycles. The smallest absolute Gasteiger partial charge is 0.312 e. The van der Waals surface area contributed by atoms with Crippen LogP contribution in [0, 0.1) is 0 Å². The summed E-state index contributed by atoms with van der Waals surface area (Å²) in [6.45, 7) is 0. The fraction of sp³-hybridized carbons (Fsp3) is 0.136. The summed E-state index contributed by atoms with van der Waals surface area (Å²) in [5, 5.41) is 14.8. The van der Waals surface area contributed by atoms with Crippen LogP contribution in [0.1, 0.15) is 23.5 Å². The summed E-state index contributed by atoms with van der Waals surface area (Å²) in [7, 11) is 1.78. The highest BCUT2D eigenvalue weighted by Gasteiger charge is 2.34. The van der Waals surface area contributed by atoms with E-state index in [9.17, 15) is 14.7 Å². The first-order valence-electron chi connectivity index (χ1n) is 9.09. The number of ether oxygens (including phenoxy) is 1. The summed E-state index contributed by atoms with van der Waals surface area (Å²) in [6.07, 6.45) is 4.95. The van der Waals surface area contributed by atoms with E-state index in [1.807, 2.05) is 24.4 Å². The molecule has 1 N–H and O–H groups in total. The van der Waals surface area contributed by atoms with Gasteiger partial charge in [-0.1, -0.05) is 30.3 Å². The Balaban J connectivity index is 1.80. The number of nitrogens with zero attached hydrogens (tertiary/aromatic N) is 2. The van der Waals surface area contributed by atoms with Gasteiger partial charge in [0.25, 0.3) is 0 Å². The number of aromatic hydroxyl groups is 1. The highest BCUT2D eigenvalue weighted by Crippen LogP contribution is 2.45. The fourth-order valence-corrected chi connectivity index (χ4v) is 3.85. The van der Waals surface area contributed by atoms with Gasteiger partial charge in [0.05, 0.1) is 18.2 Å². The Morgan fingerprint density at radius 3 is 2.72 bits per heavy atom. The van der Waals surface area contributed by atoms with Crippen LogP contribution in [0.4, 0.5) is 0 Å². The lowest BCUT2D eigenvalue weighted by Crippen LogP contribution is -2.22. The number of aromatic nitrogens is 2. The highest BCUT2D eigenvalue weighted by molar-refractivity contribution is 5.94. The normalized spacial score (nSPS) is 15.9. The van der Waals surface area contributed by atoms with Crippen LogP contribution >= 0.6 is 0 Å². The molecule has 1 atom stereocenters. The van der Waals surface area contributed by atoms with Crippen molar-refractivity contribution in [3.05, 3.63) is 76.4 Å². The largest absolute Gasteiger partial charge is 0.507 e. The Morgan fingerprint density at radius 1 is 1.21 bits per heavy atom. The molecule has 0 amide bonds. The van der Waals surface area contributed by atoms with Crippen molar-refractivity contribution >= 4 is 16.9 Å². The summed E-state index contributed by atoms with van der Waals surface area (Å²) >= 11 is 0. The second-order valence-electron chi connectivity index (χ2n) is 7.03. The third kappa shape index (κ3) is 2.70. The molecular weight excluding hydrogens is 372 g/mol. The standard InChI is InChI=1S/C22H16N2O5/c1-24-10-13(9-23-24)14-7-18(26)29-17-8-16(25)20-21(27)15(11-28-22(20)19(14)17)12-5-3-2-4-6-12/h2-6,8-11,14,25H,7H2,1H3/t14-/m1/s1. The van der Waals surface area contributed by atoms with E-state index in [2.05, 4.69) is 5.10 Å². The summed E-state index contributed by atoms with van der Waals surface area (Å²) < 4.78 is 12.9. The zero-order chi connectivity index (χ0) is 20.1. The predicted molar refractivity (Wildman–Crippen MR) is 105 cm³/mol. The minimum Gasteiger partial charge on any atom is -0.507 e. The molecule has 0 aliphatic carbocycles. The average Bonchev–Trinajstić information content (AvgIpc) is 3.14. The number of aryl methyl sites for hydroxylation is 1. The average molecular weight is 388 g/mol. The molecule has 7 nitrogen and oxygen atoms in total. The molecule has 0 radical (unpaired) electrons. The Morgan fingerprint density at radius 2 is 2.00 bits per heavy atom. The minimum absolute atomic E-state index is 0.0666. The van der Waals surface area contributed by atoms with Crippen LogP contribution in [0.5, 0.6) is 11.5 Å². The van der Waals surface area contributed by atoms with Crippen LogP contribution in [0.2, 0.25) is 0 Å². The quantitative estimate of drug-likeness (QED) is 0.418. The van der Waals surface area contributed by atoms with Gasteiger partial charge in [0, 0.05) is 30.8 Å². The van der Waals surface area contributed by atoms with Crippen molar-refractivity contribution in [2.24, 2.45) is 7.05 Å². The van der Waals surface area contributed by atoms with E-state index in [-0.39, 0.29) is 34.3 Å². The number of carbonyl (C=O) groups excluding carboxylic acids is 1. The molecule has 5 rings (SSSR count). The number of rotatable bonds is 2. The number of benzene rings is 2. The van der Waals surface area contributed by atoms with Gasteiger partial charge in [0.15, 0.2) is 0 Å². The van der Waals surface area contributed by atoms with Gasteiger partial charge < -0.3 is 14.3 Å². The second kappa shape index (κ2) is 6.34. The first-order valence-corrected chi connectivity index (χ1v) is 9.09. The highest BCUT2D eigenvalue weighted by atomic mass is 16.5. The third-order valence-corrected chi connectivity index (χ3v) is 5.18. The lowest BCUT2D eigenvalue weighted by Gasteiger charge is -2.24. The van der Waals surface area contributed by atoms with Crippen molar-refractivity contribution < 1.29 is 19.1 Å². The van der Waals surface area contributed by atoms with Crippen molar-refractivity contribution in [3.63, 3.8) is 0 Å². The Kier molecular flexibility index (Phi) is 3.77. The van der Waals surface area contributed by atoms with E-state index in [1.165, 1.54) is 12.3 Å². The molecule has 3 heterocycles. The fourth-order valence-electron chi connectivity index (χ4n) is 3.85. The van der Waals surface area contributed by atoms with Gasteiger partial charge >= 0.3 is 5.97 Å². The molecule has 144 valence electrons. The lowest BCUT2D eigenvalue weighted by atomic mass is 9.86. The predicted octanol–water partition coefficient (Wildman–Crippen LogP) is 3.34. The van der Waals surface area contributed by atoms with Crippen LogP contribution in [0.15, 0.2) is 64.3 Å². The van der Waals surface area contributed by atoms with Crippen molar-refractivity contribution in [1.82, 2.24) is 9.78 Å². The number of phenols is 1. The Hall–Kier alpha value is -3.87. The van der Waals surface area contributed by atoms with E-state index in [0.29, 0.717) is 16.7 Å². The first-order chi connectivity index (χ1) is 14.0. The molecule has 0 saturated carbocycles. The molecule has 4 aromatic rings. The zero-order valence-corrected chi connectivity index (χ0v) is 15.5. The van der Waals surface area contributed by atoms with Crippen LogP contribution in [0.3, 0.4) is 0 Å². The summed E-state index contributed by atoms with van der Waals surface area (Å²) in [5.41, 5.74) is 2.26. The molecule has 2 aromatic carbocycles. The van der Waals surface area contributed by atoms with Crippen LogP contribution in [-0.2, 0) is 11.8 Å². The second-order valence-corrected chi connectivity index (χ2v) is 7.03. The number of esters is 1. The van der Waals surface area contributed by atoms with Crippen molar-refractivity contribution in [3.8, 4) is 22.6 Å². The molecule has 0 fully saturated rings. The summed E-state index contributed by atoms with van der Waals surface area (Å²) in [6, 6.07) is 10.4. The van der Waals surface area contributed by atoms with E-state index in [1.54, 1.807) is 30.1 Å². The van der Waals surface area contributed by atoms with Gasteiger partial charge in [-0.3, -0.25) is 14.3 Å². The number of phenolic OH excluding ortho intramolecular Hbond substituents is 1. The van der Waals surface area contributed by atoms with E-state index < -0.39 is 11.9 Å². The van der Waals surface area contributed by atoms with E-state index >= 15 is 0 Å². The third-order valence-electron chi connectivity index (χ3n) is 5.18. The van der Waals surface area contributed by atoms with Gasteiger partial charge in [-0.05, 0) is 11.1 Å². The van der Waals surface area contributed by atoms with E-state index in [0.717, 1.165) is 5.56 Å². The maximum atomic E-state index is 13.2. The van der Waals surface area contributed by atoms with Gasteiger partial charge in [0.1, 0.15) is 28.7 Å².